The van der Waals surface area contributed by atoms with E-state index in [0.717, 1.165) is 19.6 Å². The lowest BCUT2D eigenvalue weighted by molar-refractivity contribution is 0.0633. The molecule has 0 unspecified atom stereocenters. The molecule has 2 rings (SSSR count). The van der Waals surface area contributed by atoms with Gasteiger partial charge in [0.15, 0.2) is 0 Å². The van der Waals surface area contributed by atoms with E-state index in [-0.39, 0.29) is 11.3 Å². The average molecular weight is 267 g/mol. The lowest BCUT2D eigenvalue weighted by atomic mass is 10.1. The number of amides is 1. The van der Waals surface area contributed by atoms with Crippen molar-refractivity contribution in [3.63, 3.8) is 0 Å². The van der Waals surface area contributed by atoms with Gasteiger partial charge in [-0.25, -0.2) is 4.39 Å². The molecule has 1 aliphatic rings. The standard InChI is InChI=1S/C13H18FN3O2/c14-10-2-1-3-11(18)12(10)13(19)17-8-6-16(5-4-15)7-9-17/h1-3,18H,4-9,15H2. The fourth-order valence-electron chi connectivity index (χ4n) is 2.24. The number of carbonyl (C=O) groups is 1. The Morgan fingerprint density at radius 3 is 2.58 bits per heavy atom. The SMILES string of the molecule is NCCN1CCN(C(=O)c2c(O)cccc2F)CC1. The number of rotatable bonds is 3. The number of nitrogens with two attached hydrogens (primary N) is 1. The third-order valence-electron chi connectivity index (χ3n) is 3.31. The fraction of sp³-hybridized carbons (Fsp3) is 0.462. The summed E-state index contributed by atoms with van der Waals surface area (Å²) in [5.74, 6) is -1.45. The molecule has 0 spiro atoms. The molecule has 6 heteroatoms. The average Bonchev–Trinajstić information content (AvgIpc) is 2.39. The van der Waals surface area contributed by atoms with Gasteiger partial charge in [-0.3, -0.25) is 9.69 Å². The molecular formula is C13H18FN3O2. The second-order valence-corrected chi connectivity index (χ2v) is 4.56. The van der Waals surface area contributed by atoms with Crippen molar-refractivity contribution in [1.82, 2.24) is 9.80 Å². The third kappa shape index (κ3) is 3.02. The van der Waals surface area contributed by atoms with E-state index in [9.17, 15) is 14.3 Å². The summed E-state index contributed by atoms with van der Waals surface area (Å²) in [6, 6.07) is 3.87. The van der Waals surface area contributed by atoms with Crippen LogP contribution in [0.4, 0.5) is 4.39 Å². The molecule has 5 nitrogen and oxygen atoms in total. The zero-order chi connectivity index (χ0) is 13.8. The molecule has 0 aliphatic carbocycles. The van der Waals surface area contributed by atoms with Crippen LogP contribution in [0.2, 0.25) is 0 Å². The summed E-state index contributed by atoms with van der Waals surface area (Å²) in [5.41, 5.74) is 5.24. The quantitative estimate of drug-likeness (QED) is 0.823. The summed E-state index contributed by atoms with van der Waals surface area (Å²) >= 11 is 0. The second-order valence-electron chi connectivity index (χ2n) is 4.56. The Kier molecular flexibility index (Phi) is 4.34. The first-order chi connectivity index (χ1) is 9.13. The highest BCUT2D eigenvalue weighted by Crippen LogP contribution is 2.22. The van der Waals surface area contributed by atoms with E-state index < -0.39 is 11.7 Å². The van der Waals surface area contributed by atoms with Crippen molar-refractivity contribution < 1.29 is 14.3 Å². The van der Waals surface area contributed by atoms with Crippen LogP contribution in [0.3, 0.4) is 0 Å². The van der Waals surface area contributed by atoms with E-state index >= 15 is 0 Å². The molecule has 19 heavy (non-hydrogen) atoms. The van der Waals surface area contributed by atoms with Gasteiger partial charge in [-0.15, -0.1) is 0 Å². The number of nitrogens with zero attached hydrogens (tertiary/aromatic N) is 2. The van der Waals surface area contributed by atoms with Crippen LogP contribution in [-0.2, 0) is 0 Å². The molecular weight excluding hydrogens is 249 g/mol. The van der Waals surface area contributed by atoms with Crippen molar-refractivity contribution in [2.75, 3.05) is 39.3 Å². The molecule has 1 fully saturated rings. The van der Waals surface area contributed by atoms with Crippen LogP contribution in [0, 0.1) is 5.82 Å². The number of aromatic hydroxyl groups is 1. The van der Waals surface area contributed by atoms with Crippen LogP contribution in [0.5, 0.6) is 5.75 Å². The summed E-state index contributed by atoms with van der Waals surface area (Å²) in [5, 5.41) is 9.61. The highest BCUT2D eigenvalue weighted by Gasteiger charge is 2.25. The van der Waals surface area contributed by atoms with Crippen molar-refractivity contribution in [2.45, 2.75) is 0 Å². The molecule has 0 radical (unpaired) electrons. The number of piperazine rings is 1. The van der Waals surface area contributed by atoms with Gasteiger partial charge in [0.1, 0.15) is 17.1 Å². The molecule has 1 amide bonds. The van der Waals surface area contributed by atoms with E-state index in [4.69, 9.17) is 5.73 Å². The van der Waals surface area contributed by atoms with Crippen LogP contribution in [0.1, 0.15) is 10.4 Å². The monoisotopic (exact) mass is 267 g/mol. The molecule has 1 aliphatic heterocycles. The minimum Gasteiger partial charge on any atom is -0.507 e. The van der Waals surface area contributed by atoms with Gasteiger partial charge in [0, 0.05) is 39.3 Å². The lowest BCUT2D eigenvalue weighted by Gasteiger charge is -2.34. The lowest BCUT2D eigenvalue weighted by Crippen LogP contribution is -2.49. The van der Waals surface area contributed by atoms with Gasteiger partial charge in [-0.1, -0.05) is 6.07 Å². The predicted octanol–water partition coefficient (Wildman–Crippen LogP) is 0.248. The van der Waals surface area contributed by atoms with Crippen LogP contribution >= 0.6 is 0 Å². The number of hydrogen-bond acceptors (Lipinski definition) is 4. The maximum absolute atomic E-state index is 13.6. The summed E-state index contributed by atoms with van der Waals surface area (Å²) < 4.78 is 13.6. The van der Waals surface area contributed by atoms with Crippen LogP contribution in [0.25, 0.3) is 0 Å². The van der Waals surface area contributed by atoms with E-state index in [1.54, 1.807) is 4.90 Å². The molecule has 0 atom stereocenters. The molecule has 104 valence electrons. The Bertz CT molecular complexity index is 439. The zero-order valence-electron chi connectivity index (χ0n) is 10.7. The largest absolute Gasteiger partial charge is 0.507 e. The smallest absolute Gasteiger partial charge is 0.260 e. The maximum Gasteiger partial charge on any atom is 0.260 e. The van der Waals surface area contributed by atoms with Crippen molar-refractivity contribution in [1.29, 1.82) is 0 Å². The number of benzene rings is 1. The molecule has 0 saturated carbocycles. The van der Waals surface area contributed by atoms with Gasteiger partial charge in [-0.05, 0) is 12.1 Å². The van der Waals surface area contributed by atoms with Crippen molar-refractivity contribution >= 4 is 5.91 Å². The van der Waals surface area contributed by atoms with Crippen molar-refractivity contribution in [3.05, 3.63) is 29.6 Å². The highest BCUT2D eigenvalue weighted by atomic mass is 19.1. The highest BCUT2D eigenvalue weighted by molar-refractivity contribution is 5.97. The van der Waals surface area contributed by atoms with E-state index in [1.165, 1.54) is 18.2 Å². The number of phenolic OH excluding ortho intramolecular Hbond substituents is 1. The van der Waals surface area contributed by atoms with Gasteiger partial charge in [0.2, 0.25) is 0 Å². The first kappa shape index (κ1) is 13.8. The van der Waals surface area contributed by atoms with Crippen molar-refractivity contribution in [2.24, 2.45) is 5.73 Å². The first-order valence-electron chi connectivity index (χ1n) is 6.32. The fourth-order valence-corrected chi connectivity index (χ4v) is 2.24. The second kappa shape index (κ2) is 5.99. The summed E-state index contributed by atoms with van der Waals surface area (Å²) in [6.07, 6.45) is 0. The van der Waals surface area contributed by atoms with Crippen LogP contribution < -0.4 is 5.73 Å². The maximum atomic E-state index is 13.6. The molecule has 3 N–H and O–H groups in total. The van der Waals surface area contributed by atoms with Gasteiger partial charge in [-0.2, -0.15) is 0 Å². The van der Waals surface area contributed by atoms with Gasteiger partial charge >= 0.3 is 0 Å². The molecule has 0 aromatic heterocycles. The molecule has 0 bridgehead atoms. The zero-order valence-corrected chi connectivity index (χ0v) is 10.7. The van der Waals surface area contributed by atoms with Gasteiger partial charge in [0.05, 0.1) is 0 Å². The Balaban J connectivity index is 2.05. The minimum absolute atomic E-state index is 0.241. The Labute approximate surface area is 111 Å². The summed E-state index contributed by atoms with van der Waals surface area (Å²) in [7, 11) is 0. The minimum atomic E-state index is -0.686. The number of phenols is 1. The molecule has 1 saturated heterocycles. The number of carbonyl (C=O) groups excluding carboxylic acids is 1. The van der Waals surface area contributed by atoms with Crippen LogP contribution in [-0.4, -0.2) is 60.1 Å². The normalized spacial score (nSPS) is 16.6. The van der Waals surface area contributed by atoms with Gasteiger partial charge < -0.3 is 15.7 Å². The predicted molar refractivity (Wildman–Crippen MR) is 69.5 cm³/mol. The van der Waals surface area contributed by atoms with E-state index in [2.05, 4.69) is 4.90 Å². The molecule has 1 aromatic rings. The van der Waals surface area contributed by atoms with Gasteiger partial charge in [0.25, 0.3) is 5.91 Å². The first-order valence-corrected chi connectivity index (χ1v) is 6.32. The van der Waals surface area contributed by atoms with Crippen molar-refractivity contribution in [3.8, 4) is 5.75 Å². The summed E-state index contributed by atoms with van der Waals surface area (Å²) in [4.78, 5) is 15.9. The Morgan fingerprint density at radius 2 is 2.00 bits per heavy atom. The molecule has 1 heterocycles. The molecule has 1 aromatic carbocycles. The van der Waals surface area contributed by atoms with E-state index in [1.807, 2.05) is 0 Å². The summed E-state index contributed by atoms with van der Waals surface area (Å²) in [6.45, 7) is 3.87. The number of halogens is 1. The van der Waals surface area contributed by atoms with E-state index in [0.29, 0.717) is 19.6 Å². The van der Waals surface area contributed by atoms with Crippen LogP contribution in [0.15, 0.2) is 18.2 Å². The Hall–Kier alpha value is -1.66. The Morgan fingerprint density at radius 1 is 1.32 bits per heavy atom. The topological polar surface area (TPSA) is 69.8 Å². The third-order valence-corrected chi connectivity index (χ3v) is 3.31. The number of hydrogen-bond donors (Lipinski definition) is 2.